The molecule has 1 aromatic rings. The van der Waals surface area contributed by atoms with Crippen molar-refractivity contribution in [2.75, 3.05) is 13.6 Å². The van der Waals surface area contributed by atoms with Crippen molar-refractivity contribution < 1.29 is 4.79 Å². The molecule has 0 aromatic heterocycles. The van der Waals surface area contributed by atoms with E-state index in [1.165, 1.54) is 0 Å². The van der Waals surface area contributed by atoms with E-state index in [1.807, 2.05) is 39.1 Å². The number of nitrogens with zero attached hydrogens (tertiary/aromatic N) is 1. The Morgan fingerprint density at radius 2 is 2.14 bits per heavy atom. The number of carbonyl (C=O) groups excluding carboxylic acids is 1. The summed E-state index contributed by atoms with van der Waals surface area (Å²) >= 11 is 2.22. The zero-order chi connectivity index (χ0) is 10.7. The fraction of sp³-hybridized carbons (Fsp3) is 0.364. The van der Waals surface area contributed by atoms with Gasteiger partial charge >= 0.3 is 0 Å². The third-order valence-electron chi connectivity index (χ3n) is 2.25. The SMILES string of the molecule is CCN(C)C(=O)c1cc(I)ccc1C. The van der Waals surface area contributed by atoms with E-state index in [0.717, 1.165) is 21.2 Å². The summed E-state index contributed by atoms with van der Waals surface area (Å²) in [6.07, 6.45) is 0. The number of halogens is 1. The van der Waals surface area contributed by atoms with E-state index in [2.05, 4.69) is 22.6 Å². The molecule has 3 heteroatoms. The number of rotatable bonds is 2. The quantitative estimate of drug-likeness (QED) is 0.769. The van der Waals surface area contributed by atoms with Gasteiger partial charge in [0.1, 0.15) is 0 Å². The van der Waals surface area contributed by atoms with Gasteiger partial charge in [-0.3, -0.25) is 4.79 Å². The highest BCUT2D eigenvalue weighted by Crippen LogP contribution is 2.14. The monoisotopic (exact) mass is 303 g/mol. The number of hydrogen-bond acceptors (Lipinski definition) is 1. The minimum absolute atomic E-state index is 0.100. The summed E-state index contributed by atoms with van der Waals surface area (Å²) in [4.78, 5) is 13.6. The maximum Gasteiger partial charge on any atom is 0.253 e. The van der Waals surface area contributed by atoms with Gasteiger partial charge in [-0.25, -0.2) is 0 Å². The Balaban J connectivity index is 3.06. The molecular weight excluding hydrogens is 289 g/mol. The van der Waals surface area contributed by atoms with Gasteiger partial charge in [-0.1, -0.05) is 6.07 Å². The molecule has 0 saturated heterocycles. The Morgan fingerprint density at radius 3 is 2.71 bits per heavy atom. The summed E-state index contributed by atoms with van der Waals surface area (Å²) < 4.78 is 1.10. The Labute approximate surface area is 98.4 Å². The molecule has 0 heterocycles. The minimum atomic E-state index is 0.100. The number of hydrogen-bond donors (Lipinski definition) is 0. The average Bonchev–Trinajstić information content (AvgIpc) is 2.19. The molecule has 0 aliphatic heterocycles. The molecule has 0 unspecified atom stereocenters. The largest absolute Gasteiger partial charge is 0.342 e. The van der Waals surface area contributed by atoms with Crippen molar-refractivity contribution in [3.8, 4) is 0 Å². The predicted molar refractivity (Wildman–Crippen MR) is 66.5 cm³/mol. The van der Waals surface area contributed by atoms with Crippen molar-refractivity contribution in [1.29, 1.82) is 0 Å². The third-order valence-corrected chi connectivity index (χ3v) is 2.92. The van der Waals surface area contributed by atoms with Crippen LogP contribution in [0.25, 0.3) is 0 Å². The molecule has 1 amide bonds. The van der Waals surface area contributed by atoms with Gasteiger partial charge in [-0.2, -0.15) is 0 Å². The van der Waals surface area contributed by atoms with Crippen molar-refractivity contribution in [2.45, 2.75) is 13.8 Å². The van der Waals surface area contributed by atoms with Gasteiger partial charge in [0.25, 0.3) is 5.91 Å². The van der Waals surface area contributed by atoms with E-state index in [-0.39, 0.29) is 5.91 Å². The van der Waals surface area contributed by atoms with Gasteiger partial charge in [-0.15, -0.1) is 0 Å². The summed E-state index contributed by atoms with van der Waals surface area (Å²) in [5.74, 6) is 0.100. The second-order valence-electron chi connectivity index (χ2n) is 3.28. The van der Waals surface area contributed by atoms with Gasteiger partial charge in [0.05, 0.1) is 0 Å². The molecule has 0 aliphatic rings. The number of benzene rings is 1. The van der Waals surface area contributed by atoms with Crippen LogP contribution in [0.2, 0.25) is 0 Å². The Morgan fingerprint density at radius 1 is 1.50 bits per heavy atom. The molecule has 2 nitrogen and oxygen atoms in total. The highest BCUT2D eigenvalue weighted by molar-refractivity contribution is 14.1. The van der Waals surface area contributed by atoms with E-state index < -0.39 is 0 Å². The maximum absolute atomic E-state index is 11.9. The predicted octanol–water partition coefficient (Wildman–Crippen LogP) is 2.69. The first-order valence-electron chi connectivity index (χ1n) is 4.58. The molecule has 0 atom stereocenters. The molecule has 0 aliphatic carbocycles. The number of carbonyl (C=O) groups is 1. The molecular formula is C11H14INO. The van der Waals surface area contributed by atoms with Gasteiger partial charge in [0, 0.05) is 22.7 Å². The van der Waals surface area contributed by atoms with Crippen molar-refractivity contribution >= 4 is 28.5 Å². The van der Waals surface area contributed by atoms with Crippen LogP contribution in [-0.2, 0) is 0 Å². The highest BCUT2D eigenvalue weighted by Gasteiger charge is 2.12. The fourth-order valence-corrected chi connectivity index (χ4v) is 1.67. The van der Waals surface area contributed by atoms with E-state index in [0.29, 0.717) is 0 Å². The summed E-state index contributed by atoms with van der Waals surface area (Å²) in [5.41, 5.74) is 1.84. The topological polar surface area (TPSA) is 20.3 Å². The van der Waals surface area contributed by atoms with Crippen LogP contribution < -0.4 is 0 Å². The molecule has 1 rings (SSSR count). The van der Waals surface area contributed by atoms with Crippen molar-refractivity contribution in [1.82, 2.24) is 4.90 Å². The van der Waals surface area contributed by atoms with Crippen LogP contribution in [0.1, 0.15) is 22.8 Å². The van der Waals surface area contributed by atoms with Crippen LogP contribution in [-0.4, -0.2) is 24.4 Å². The summed E-state index contributed by atoms with van der Waals surface area (Å²) in [6, 6.07) is 5.93. The van der Waals surface area contributed by atoms with E-state index in [4.69, 9.17) is 0 Å². The summed E-state index contributed by atoms with van der Waals surface area (Å²) in [6.45, 7) is 4.68. The van der Waals surface area contributed by atoms with Crippen LogP contribution in [0.3, 0.4) is 0 Å². The summed E-state index contributed by atoms with van der Waals surface area (Å²) in [5, 5.41) is 0. The van der Waals surface area contributed by atoms with Crippen LogP contribution in [0, 0.1) is 10.5 Å². The van der Waals surface area contributed by atoms with Gasteiger partial charge < -0.3 is 4.90 Å². The van der Waals surface area contributed by atoms with Crippen molar-refractivity contribution in [2.24, 2.45) is 0 Å². The Bertz CT molecular complexity index is 349. The highest BCUT2D eigenvalue weighted by atomic mass is 127. The molecule has 0 bridgehead atoms. The lowest BCUT2D eigenvalue weighted by atomic mass is 10.1. The van der Waals surface area contributed by atoms with E-state index in [1.54, 1.807) is 4.90 Å². The molecule has 76 valence electrons. The standard InChI is InChI=1S/C11H14INO/c1-4-13(3)11(14)10-7-9(12)6-5-8(10)2/h5-7H,4H2,1-3H3. The lowest BCUT2D eigenvalue weighted by molar-refractivity contribution is 0.0801. The molecule has 0 saturated carbocycles. The first kappa shape index (κ1) is 11.5. The second kappa shape index (κ2) is 4.77. The van der Waals surface area contributed by atoms with Crippen LogP contribution in [0.15, 0.2) is 18.2 Å². The van der Waals surface area contributed by atoms with Gasteiger partial charge in [0.2, 0.25) is 0 Å². The van der Waals surface area contributed by atoms with Crippen LogP contribution in [0.4, 0.5) is 0 Å². The molecule has 0 fully saturated rings. The van der Waals surface area contributed by atoms with Crippen molar-refractivity contribution in [3.05, 3.63) is 32.9 Å². The second-order valence-corrected chi connectivity index (χ2v) is 4.52. The Hall–Kier alpha value is -0.580. The first-order valence-corrected chi connectivity index (χ1v) is 5.65. The molecule has 1 aromatic carbocycles. The normalized spacial score (nSPS) is 10.0. The fourth-order valence-electron chi connectivity index (χ4n) is 1.17. The van der Waals surface area contributed by atoms with Crippen molar-refractivity contribution in [3.63, 3.8) is 0 Å². The minimum Gasteiger partial charge on any atom is -0.342 e. The Kier molecular flexibility index (Phi) is 3.92. The molecule has 14 heavy (non-hydrogen) atoms. The zero-order valence-electron chi connectivity index (χ0n) is 8.67. The lowest BCUT2D eigenvalue weighted by Crippen LogP contribution is -2.26. The summed E-state index contributed by atoms with van der Waals surface area (Å²) in [7, 11) is 1.82. The van der Waals surface area contributed by atoms with Crippen LogP contribution in [0.5, 0.6) is 0 Å². The molecule has 0 N–H and O–H groups in total. The third kappa shape index (κ3) is 2.47. The average molecular weight is 303 g/mol. The number of amides is 1. The zero-order valence-corrected chi connectivity index (χ0v) is 10.8. The first-order chi connectivity index (χ1) is 6.56. The van der Waals surface area contributed by atoms with E-state index >= 15 is 0 Å². The number of aryl methyl sites for hydroxylation is 1. The van der Waals surface area contributed by atoms with Gasteiger partial charge in [0.15, 0.2) is 0 Å². The van der Waals surface area contributed by atoms with Gasteiger partial charge in [-0.05, 0) is 54.1 Å². The van der Waals surface area contributed by atoms with E-state index in [9.17, 15) is 4.79 Å². The molecule has 0 spiro atoms. The van der Waals surface area contributed by atoms with Crippen LogP contribution >= 0.6 is 22.6 Å². The lowest BCUT2D eigenvalue weighted by Gasteiger charge is -2.16. The maximum atomic E-state index is 11.9. The smallest absolute Gasteiger partial charge is 0.253 e. The molecule has 0 radical (unpaired) electrons.